The lowest BCUT2D eigenvalue weighted by Crippen LogP contribution is -2.33. The van der Waals surface area contributed by atoms with E-state index in [0.717, 1.165) is 31.2 Å². The lowest BCUT2D eigenvalue weighted by molar-refractivity contribution is -0.128. The van der Waals surface area contributed by atoms with Gasteiger partial charge in [0.15, 0.2) is 0 Å². The highest BCUT2D eigenvalue weighted by Crippen LogP contribution is 2.21. The number of amides is 2. The Bertz CT molecular complexity index is 1100. The summed E-state index contributed by atoms with van der Waals surface area (Å²) in [7, 11) is -3.70. The molecule has 2 atom stereocenters. The van der Waals surface area contributed by atoms with Gasteiger partial charge in [0.1, 0.15) is 0 Å². The van der Waals surface area contributed by atoms with E-state index >= 15 is 0 Å². The zero-order chi connectivity index (χ0) is 25.8. The lowest BCUT2D eigenvalue weighted by Gasteiger charge is -2.22. The SMILES string of the molecule is O=C(CCCCCCN1C(=O)CC[C@@H]1/C=C/[C@@H](O)Cc1ccccc1)NS(=O)(=O)Cc1ccccc1. The fourth-order valence-electron chi connectivity index (χ4n) is 4.40. The van der Waals surface area contributed by atoms with Gasteiger partial charge in [0.25, 0.3) is 0 Å². The van der Waals surface area contributed by atoms with Crippen LogP contribution in [0.1, 0.15) is 56.1 Å². The highest BCUT2D eigenvalue weighted by molar-refractivity contribution is 7.89. The van der Waals surface area contributed by atoms with Crippen molar-refractivity contribution in [2.24, 2.45) is 0 Å². The number of sulfonamides is 1. The summed E-state index contributed by atoms with van der Waals surface area (Å²) in [5.74, 6) is -0.576. The Hall–Kier alpha value is -2.97. The normalized spacial score (nSPS) is 17.0. The molecule has 2 aromatic carbocycles. The molecule has 0 bridgehead atoms. The van der Waals surface area contributed by atoms with Crippen LogP contribution in [-0.2, 0) is 31.8 Å². The molecule has 194 valence electrons. The third-order valence-corrected chi connectivity index (χ3v) is 7.49. The van der Waals surface area contributed by atoms with Crippen molar-refractivity contribution in [2.45, 2.75) is 69.3 Å². The number of unbranched alkanes of at least 4 members (excludes halogenated alkanes) is 3. The summed E-state index contributed by atoms with van der Waals surface area (Å²) in [4.78, 5) is 26.2. The van der Waals surface area contributed by atoms with E-state index in [0.29, 0.717) is 31.4 Å². The molecule has 0 unspecified atom stereocenters. The van der Waals surface area contributed by atoms with Crippen LogP contribution < -0.4 is 4.72 Å². The molecule has 0 spiro atoms. The van der Waals surface area contributed by atoms with E-state index in [-0.39, 0.29) is 24.1 Å². The number of rotatable bonds is 14. The number of aliphatic hydroxyl groups is 1. The molecule has 2 N–H and O–H groups in total. The topological polar surface area (TPSA) is 104 Å². The quantitative estimate of drug-likeness (QED) is 0.297. The van der Waals surface area contributed by atoms with Crippen molar-refractivity contribution < 1.29 is 23.1 Å². The Labute approximate surface area is 214 Å². The number of hydrogen-bond donors (Lipinski definition) is 2. The highest BCUT2D eigenvalue weighted by Gasteiger charge is 2.28. The minimum atomic E-state index is -3.70. The standard InChI is InChI=1S/C28H36N2O5S/c31-26(21-23-11-5-3-6-12-23)18-16-25-17-19-28(33)30(25)20-10-2-1-9-15-27(32)29-36(34,35)22-24-13-7-4-8-14-24/h3-8,11-14,16,18,25-26,31H,1-2,9-10,15,17,19-22H2,(H,29,32)/b18-16+/t25-,26+/m0/s1. The lowest BCUT2D eigenvalue weighted by atomic mass is 10.1. The second-order valence-corrected chi connectivity index (χ2v) is 11.0. The number of nitrogens with zero attached hydrogens (tertiary/aromatic N) is 1. The van der Waals surface area contributed by atoms with Crippen molar-refractivity contribution in [3.8, 4) is 0 Å². The van der Waals surface area contributed by atoms with Gasteiger partial charge in [-0.05, 0) is 30.4 Å². The smallest absolute Gasteiger partial charge is 0.239 e. The largest absolute Gasteiger partial charge is 0.389 e. The zero-order valence-corrected chi connectivity index (χ0v) is 21.4. The average molecular weight is 513 g/mol. The van der Waals surface area contributed by atoms with Crippen LogP contribution in [0, 0.1) is 0 Å². The van der Waals surface area contributed by atoms with E-state index in [2.05, 4.69) is 4.72 Å². The molecule has 8 heteroatoms. The molecule has 1 aliphatic rings. The number of aliphatic hydroxyl groups excluding tert-OH is 1. The molecule has 7 nitrogen and oxygen atoms in total. The highest BCUT2D eigenvalue weighted by atomic mass is 32.2. The molecule has 0 aliphatic carbocycles. The summed E-state index contributed by atoms with van der Waals surface area (Å²) >= 11 is 0. The Morgan fingerprint density at radius 2 is 1.64 bits per heavy atom. The van der Waals surface area contributed by atoms with Crippen molar-refractivity contribution >= 4 is 21.8 Å². The predicted molar refractivity (Wildman–Crippen MR) is 140 cm³/mol. The van der Waals surface area contributed by atoms with Crippen LogP contribution in [0.15, 0.2) is 72.8 Å². The molecule has 2 aromatic rings. The molecule has 1 aliphatic heterocycles. The predicted octanol–water partition coefficient (Wildman–Crippen LogP) is 3.73. The number of carbonyl (C=O) groups is 2. The van der Waals surface area contributed by atoms with Crippen LogP contribution in [0.2, 0.25) is 0 Å². The van der Waals surface area contributed by atoms with Crippen molar-refractivity contribution in [3.05, 3.63) is 83.9 Å². The summed E-state index contributed by atoms with van der Waals surface area (Å²) in [6.45, 7) is 0.639. The first-order valence-electron chi connectivity index (χ1n) is 12.6. The van der Waals surface area contributed by atoms with Gasteiger partial charge in [0, 0.05) is 25.8 Å². The fraction of sp³-hybridized carbons (Fsp3) is 0.429. The van der Waals surface area contributed by atoms with Gasteiger partial charge >= 0.3 is 0 Å². The van der Waals surface area contributed by atoms with E-state index < -0.39 is 22.0 Å². The average Bonchev–Trinajstić information content (AvgIpc) is 3.19. The van der Waals surface area contributed by atoms with E-state index in [9.17, 15) is 23.1 Å². The molecule has 3 rings (SSSR count). The number of nitrogens with one attached hydrogen (secondary N) is 1. The minimum absolute atomic E-state index is 0.00326. The number of hydrogen-bond acceptors (Lipinski definition) is 5. The van der Waals surface area contributed by atoms with Crippen LogP contribution >= 0.6 is 0 Å². The second-order valence-electron chi connectivity index (χ2n) is 9.27. The van der Waals surface area contributed by atoms with Gasteiger partial charge in [0.05, 0.1) is 17.9 Å². The number of likely N-dealkylation sites (tertiary alicyclic amines) is 1. The van der Waals surface area contributed by atoms with Crippen molar-refractivity contribution in [1.82, 2.24) is 9.62 Å². The molecule has 1 fully saturated rings. The van der Waals surface area contributed by atoms with Gasteiger partial charge in [-0.1, -0.05) is 85.7 Å². The summed E-state index contributed by atoms with van der Waals surface area (Å²) in [5.41, 5.74) is 1.70. The Balaban J connectivity index is 1.32. The van der Waals surface area contributed by atoms with E-state index in [1.54, 1.807) is 30.3 Å². The van der Waals surface area contributed by atoms with Crippen LogP contribution in [0.4, 0.5) is 0 Å². The first-order chi connectivity index (χ1) is 17.3. The van der Waals surface area contributed by atoms with Gasteiger partial charge in [-0.3, -0.25) is 14.3 Å². The Morgan fingerprint density at radius 1 is 1.00 bits per heavy atom. The third kappa shape index (κ3) is 9.59. The van der Waals surface area contributed by atoms with Crippen molar-refractivity contribution in [2.75, 3.05) is 6.54 Å². The van der Waals surface area contributed by atoms with Gasteiger partial charge in [-0.25, -0.2) is 8.42 Å². The molecular formula is C28H36N2O5S. The van der Waals surface area contributed by atoms with Gasteiger partial charge in [0.2, 0.25) is 21.8 Å². The van der Waals surface area contributed by atoms with Crippen LogP contribution in [0.25, 0.3) is 0 Å². The van der Waals surface area contributed by atoms with E-state index in [1.807, 2.05) is 47.4 Å². The van der Waals surface area contributed by atoms with Crippen LogP contribution in [0.5, 0.6) is 0 Å². The van der Waals surface area contributed by atoms with Gasteiger partial charge < -0.3 is 10.0 Å². The summed E-state index contributed by atoms with van der Waals surface area (Å²) in [5, 5.41) is 10.3. The fourth-order valence-corrected chi connectivity index (χ4v) is 5.55. The van der Waals surface area contributed by atoms with Gasteiger partial charge in [-0.15, -0.1) is 0 Å². The second kappa shape index (κ2) is 13.9. The molecular weight excluding hydrogens is 476 g/mol. The summed E-state index contributed by atoms with van der Waals surface area (Å²) in [6, 6.07) is 18.6. The van der Waals surface area contributed by atoms with Crippen molar-refractivity contribution in [1.29, 1.82) is 0 Å². The van der Waals surface area contributed by atoms with Crippen LogP contribution in [0.3, 0.4) is 0 Å². The maximum absolute atomic E-state index is 12.3. The third-order valence-electron chi connectivity index (χ3n) is 6.24. The Morgan fingerprint density at radius 3 is 2.33 bits per heavy atom. The minimum Gasteiger partial charge on any atom is -0.389 e. The Kier molecular flexibility index (Phi) is 10.7. The molecule has 2 amide bonds. The molecule has 1 saturated heterocycles. The summed E-state index contributed by atoms with van der Waals surface area (Å²) in [6.07, 6.45) is 8.14. The molecule has 0 saturated carbocycles. The van der Waals surface area contributed by atoms with Gasteiger partial charge in [-0.2, -0.15) is 0 Å². The molecule has 1 heterocycles. The zero-order valence-electron chi connectivity index (χ0n) is 20.6. The summed E-state index contributed by atoms with van der Waals surface area (Å²) < 4.78 is 26.4. The maximum atomic E-state index is 12.3. The maximum Gasteiger partial charge on any atom is 0.239 e. The first kappa shape index (κ1) is 27.6. The number of benzene rings is 2. The first-order valence-corrected chi connectivity index (χ1v) is 14.2. The van der Waals surface area contributed by atoms with Crippen LogP contribution in [-0.4, -0.2) is 48.9 Å². The van der Waals surface area contributed by atoms with Crippen molar-refractivity contribution in [3.63, 3.8) is 0 Å². The molecule has 0 aromatic heterocycles. The number of carbonyl (C=O) groups excluding carboxylic acids is 2. The monoisotopic (exact) mass is 512 g/mol. The van der Waals surface area contributed by atoms with E-state index in [4.69, 9.17) is 0 Å². The molecule has 0 radical (unpaired) electrons. The molecule has 36 heavy (non-hydrogen) atoms. The van der Waals surface area contributed by atoms with E-state index in [1.165, 1.54) is 0 Å².